The van der Waals surface area contributed by atoms with E-state index in [1.165, 1.54) is 12.8 Å². The zero-order valence-electron chi connectivity index (χ0n) is 17.7. The number of ether oxygens (including phenoxy) is 1. The van der Waals surface area contributed by atoms with E-state index in [4.69, 9.17) is 4.74 Å². The van der Waals surface area contributed by atoms with Gasteiger partial charge in [-0.1, -0.05) is 6.07 Å². The molecule has 0 saturated heterocycles. The summed E-state index contributed by atoms with van der Waals surface area (Å²) in [5.74, 6) is 1.33. The first-order chi connectivity index (χ1) is 14.1. The van der Waals surface area contributed by atoms with Gasteiger partial charge in [0.25, 0.3) is 5.91 Å². The predicted octanol–water partition coefficient (Wildman–Crippen LogP) is 3.01. The smallest absolute Gasteiger partial charge is 0.253 e. The van der Waals surface area contributed by atoms with Gasteiger partial charge >= 0.3 is 0 Å². The molecule has 8 heteroatoms. The highest BCUT2D eigenvalue weighted by molar-refractivity contribution is 7.90. The third-order valence-electron chi connectivity index (χ3n) is 5.67. The Balaban J connectivity index is 1.59. The van der Waals surface area contributed by atoms with Crippen LogP contribution in [-0.4, -0.2) is 42.5 Å². The summed E-state index contributed by atoms with van der Waals surface area (Å²) in [4.78, 5) is 17.3. The average molecular weight is 432 g/mol. The van der Waals surface area contributed by atoms with Crippen LogP contribution in [0.3, 0.4) is 0 Å². The lowest BCUT2D eigenvalue weighted by Gasteiger charge is -2.31. The van der Waals surface area contributed by atoms with Crippen LogP contribution in [0.15, 0.2) is 30.7 Å². The fourth-order valence-corrected chi connectivity index (χ4v) is 4.96. The molecular weight excluding hydrogens is 402 g/mol. The molecule has 0 unspecified atom stereocenters. The molecule has 2 aliphatic carbocycles. The molecule has 1 heterocycles. The number of sulfone groups is 1. The van der Waals surface area contributed by atoms with Crippen LogP contribution >= 0.6 is 0 Å². The highest BCUT2D eigenvalue weighted by Gasteiger charge is 2.34. The lowest BCUT2D eigenvalue weighted by molar-refractivity contribution is 0.0876. The van der Waals surface area contributed by atoms with E-state index in [1.807, 2.05) is 13.0 Å². The third-order valence-corrected chi connectivity index (χ3v) is 6.76. The van der Waals surface area contributed by atoms with E-state index in [0.29, 0.717) is 24.0 Å². The lowest BCUT2D eigenvalue weighted by atomic mass is 10.1. The second-order valence-electron chi connectivity index (χ2n) is 9.00. The number of hydrogen-bond acceptors (Lipinski definition) is 5. The average Bonchev–Trinajstić information content (AvgIpc) is 3.57. The minimum absolute atomic E-state index is 0.243. The van der Waals surface area contributed by atoms with Gasteiger partial charge in [0.2, 0.25) is 0 Å². The standard InChI is InChI=1S/C22H29N3O4S/c1-15-11-25(14-23-15)22(2,13-30(3,27)28)24-21(26)18-8-9-19(17-6-7-17)20(10-18)29-12-16-4-5-16/h8-11,14,16-17H,4-7,12-13H2,1-3H3,(H,24,26)/t22-/m1/s1. The predicted molar refractivity (Wildman–Crippen MR) is 114 cm³/mol. The van der Waals surface area contributed by atoms with Crippen molar-refractivity contribution < 1.29 is 17.9 Å². The molecule has 0 spiro atoms. The number of nitrogens with one attached hydrogen (secondary N) is 1. The van der Waals surface area contributed by atoms with E-state index >= 15 is 0 Å². The van der Waals surface area contributed by atoms with Gasteiger partial charge in [0.05, 0.1) is 24.4 Å². The van der Waals surface area contributed by atoms with Gasteiger partial charge in [-0.2, -0.15) is 0 Å². The first-order valence-corrected chi connectivity index (χ1v) is 12.5. The lowest BCUT2D eigenvalue weighted by Crippen LogP contribution is -2.52. The van der Waals surface area contributed by atoms with Gasteiger partial charge in [0, 0.05) is 18.0 Å². The van der Waals surface area contributed by atoms with E-state index in [0.717, 1.165) is 36.1 Å². The van der Waals surface area contributed by atoms with Crippen molar-refractivity contribution in [2.45, 2.75) is 51.1 Å². The Morgan fingerprint density at radius 3 is 2.60 bits per heavy atom. The van der Waals surface area contributed by atoms with Crippen molar-refractivity contribution >= 4 is 15.7 Å². The molecule has 1 amide bonds. The fraction of sp³-hybridized carbons (Fsp3) is 0.545. The minimum atomic E-state index is -3.37. The van der Waals surface area contributed by atoms with Crippen LogP contribution in [0.4, 0.5) is 0 Å². The Bertz CT molecular complexity index is 1050. The van der Waals surface area contributed by atoms with E-state index < -0.39 is 15.5 Å². The van der Waals surface area contributed by atoms with Crippen LogP contribution < -0.4 is 10.1 Å². The number of amides is 1. The minimum Gasteiger partial charge on any atom is -0.493 e. The van der Waals surface area contributed by atoms with Gasteiger partial charge in [-0.15, -0.1) is 0 Å². The molecule has 7 nitrogen and oxygen atoms in total. The summed E-state index contributed by atoms with van der Waals surface area (Å²) >= 11 is 0. The molecule has 1 aromatic carbocycles. The molecule has 1 atom stereocenters. The van der Waals surface area contributed by atoms with Crippen molar-refractivity contribution in [3.63, 3.8) is 0 Å². The van der Waals surface area contributed by atoms with Crippen LogP contribution in [0.1, 0.15) is 60.1 Å². The maximum Gasteiger partial charge on any atom is 0.253 e. The molecule has 2 aromatic rings. The Hall–Kier alpha value is -2.35. The molecule has 0 aliphatic heterocycles. The number of rotatable bonds is 9. The first kappa shape index (κ1) is 20.9. The number of imidazole rings is 1. The maximum absolute atomic E-state index is 13.1. The molecular formula is C22H29N3O4S. The summed E-state index contributed by atoms with van der Waals surface area (Å²) in [6.45, 7) is 4.19. The van der Waals surface area contributed by atoms with Crippen LogP contribution in [0.2, 0.25) is 0 Å². The molecule has 2 fully saturated rings. The molecule has 1 aromatic heterocycles. The van der Waals surface area contributed by atoms with Gasteiger partial charge in [0.15, 0.2) is 9.84 Å². The van der Waals surface area contributed by atoms with E-state index in [-0.39, 0.29) is 11.7 Å². The monoisotopic (exact) mass is 431 g/mol. The Morgan fingerprint density at radius 2 is 2.03 bits per heavy atom. The summed E-state index contributed by atoms with van der Waals surface area (Å²) in [5, 5.41) is 2.91. The van der Waals surface area contributed by atoms with Crippen molar-refractivity contribution in [1.82, 2.24) is 14.9 Å². The summed E-state index contributed by atoms with van der Waals surface area (Å²) in [6, 6.07) is 5.57. The second kappa shape index (κ2) is 7.72. The van der Waals surface area contributed by atoms with Crippen molar-refractivity contribution in [2.24, 2.45) is 5.92 Å². The summed E-state index contributed by atoms with van der Waals surface area (Å²) in [6.07, 6.45) is 9.14. The van der Waals surface area contributed by atoms with E-state index in [2.05, 4.69) is 10.3 Å². The number of aryl methyl sites for hydroxylation is 1. The number of carbonyl (C=O) groups excluding carboxylic acids is 1. The Labute approximate surface area is 177 Å². The molecule has 4 rings (SSSR count). The normalized spacial score (nSPS) is 18.6. The van der Waals surface area contributed by atoms with Crippen LogP contribution in [0.5, 0.6) is 5.75 Å². The van der Waals surface area contributed by atoms with Crippen LogP contribution in [0.25, 0.3) is 0 Å². The molecule has 2 aliphatic rings. The zero-order valence-corrected chi connectivity index (χ0v) is 18.5. The number of nitrogens with zero attached hydrogens (tertiary/aromatic N) is 2. The fourth-order valence-electron chi connectivity index (χ4n) is 3.72. The molecule has 0 bridgehead atoms. The number of benzene rings is 1. The second-order valence-corrected chi connectivity index (χ2v) is 11.1. The summed E-state index contributed by atoms with van der Waals surface area (Å²) in [7, 11) is -3.37. The summed E-state index contributed by atoms with van der Waals surface area (Å²) < 4.78 is 31.9. The van der Waals surface area contributed by atoms with Gasteiger partial charge in [-0.25, -0.2) is 13.4 Å². The Kier molecular flexibility index (Phi) is 5.38. The topological polar surface area (TPSA) is 90.3 Å². The van der Waals surface area contributed by atoms with Gasteiger partial charge in [-0.3, -0.25) is 4.79 Å². The number of carbonyl (C=O) groups is 1. The van der Waals surface area contributed by atoms with Crippen molar-refractivity contribution in [3.8, 4) is 5.75 Å². The largest absolute Gasteiger partial charge is 0.493 e. The van der Waals surface area contributed by atoms with Gasteiger partial charge in [-0.05, 0) is 69.1 Å². The van der Waals surface area contributed by atoms with Gasteiger partial charge in [0.1, 0.15) is 11.4 Å². The summed E-state index contributed by atoms with van der Waals surface area (Å²) in [5.41, 5.74) is 1.21. The zero-order chi connectivity index (χ0) is 21.5. The molecule has 0 radical (unpaired) electrons. The highest BCUT2D eigenvalue weighted by Crippen LogP contribution is 2.45. The molecule has 1 N–H and O–H groups in total. The van der Waals surface area contributed by atoms with E-state index in [1.54, 1.807) is 36.1 Å². The van der Waals surface area contributed by atoms with E-state index in [9.17, 15) is 13.2 Å². The number of aromatic nitrogens is 2. The van der Waals surface area contributed by atoms with Crippen molar-refractivity contribution in [3.05, 3.63) is 47.5 Å². The number of hydrogen-bond donors (Lipinski definition) is 1. The Morgan fingerprint density at radius 1 is 1.30 bits per heavy atom. The molecule has 30 heavy (non-hydrogen) atoms. The molecule has 162 valence electrons. The first-order valence-electron chi connectivity index (χ1n) is 10.4. The maximum atomic E-state index is 13.1. The van der Waals surface area contributed by atoms with Crippen molar-refractivity contribution in [2.75, 3.05) is 18.6 Å². The molecule has 2 saturated carbocycles. The third kappa shape index (κ3) is 5.03. The highest BCUT2D eigenvalue weighted by atomic mass is 32.2. The quantitative estimate of drug-likeness (QED) is 0.659. The van der Waals surface area contributed by atoms with Crippen LogP contribution in [0, 0.1) is 12.8 Å². The van der Waals surface area contributed by atoms with Gasteiger partial charge < -0.3 is 14.6 Å². The van der Waals surface area contributed by atoms with Crippen molar-refractivity contribution in [1.29, 1.82) is 0 Å². The van der Waals surface area contributed by atoms with Crippen LogP contribution in [-0.2, 0) is 15.5 Å². The SMILES string of the molecule is Cc1cn([C@](C)(CS(C)(=O)=O)NC(=O)c2ccc(C3CC3)c(OCC3CC3)c2)cn1.